The van der Waals surface area contributed by atoms with E-state index in [-0.39, 0.29) is 18.5 Å². The van der Waals surface area contributed by atoms with Crippen LogP contribution in [0.15, 0.2) is 53.5 Å². The first-order chi connectivity index (χ1) is 11.0. The zero-order valence-corrected chi connectivity index (χ0v) is 12.9. The number of pyridine rings is 1. The van der Waals surface area contributed by atoms with E-state index in [0.29, 0.717) is 10.6 Å². The lowest BCUT2D eigenvalue weighted by molar-refractivity contribution is -0.142. The van der Waals surface area contributed by atoms with Crippen molar-refractivity contribution < 1.29 is 14.7 Å². The van der Waals surface area contributed by atoms with E-state index in [1.165, 1.54) is 22.9 Å². The van der Waals surface area contributed by atoms with Crippen molar-refractivity contribution in [1.29, 1.82) is 0 Å². The van der Waals surface area contributed by atoms with E-state index in [9.17, 15) is 19.5 Å². The van der Waals surface area contributed by atoms with Crippen LogP contribution >= 0.6 is 11.6 Å². The molecule has 120 valence electrons. The van der Waals surface area contributed by atoms with E-state index < -0.39 is 17.9 Å². The summed E-state index contributed by atoms with van der Waals surface area (Å²) < 4.78 is 1.31. The number of rotatable bonds is 6. The Hall–Kier alpha value is -2.60. The molecule has 0 aliphatic carbocycles. The molecular weight excluding hydrogens is 320 g/mol. The van der Waals surface area contributed by atoms with Gasteiger partial charge in [0.2, 0.25) is 5.91 Å². The number of halogens is 1. The molecule has 0 spiro atoms. The number of hydrogen-bond donors (Lipinski definition) is 2. The molecule has 0 saturated heterocycles. The minimum absolute atomic E-state index is 0.0309. The molecule has 2 rings (SSSR count). The summed E-state index contributed by atoms with van der Waals surface area (Å²) in [6, 6.07) is 10.1. The van der Waals surface area contributed by atoms with Crippen LogP contribution in [0.2, 0.25) is 5.02 Å². The standard InChI is InChI=1S/C16H15ClN2O4/c17-12-6-7-14(21)19(10-12)9-8-13(20)18-15(16(22)23)11-4-2-1-3-5-11/h1-7,10,15H,8-9H2,(H,18,20)(H,22,23). The summed E-state index contributed by atoms with van der Waals surface area (Å²) in [7, 11) is 0. The number of amides is 1. The molecule has 0 aliphatic heterocycles. The molecule has 0 fully saturated rings. The molecule has 23 heavy (non-hydrogen) atoms. The third-order valence-corrected chi connectivity index (χ3v) is 3.44. The highest BCUT2D eigenvalue weighted by Crippen LogP contribution is 2.13. The summed E-state index contributed by atoms with van der Waals surface area (Å²) >= 11 is 5.80. The van der Waals surface area contributed by atoms with Gasteiger partial charge in [-0.1, -0.05) is 41.9 Å². The largest absolute Gasteiger partial charge is 0.479 e. The Morgan fingerprint density at radius 2 is 1.87 bits per heavy atom. The highest BCUT2D eigenvalue weighted by molar-refractivity contribution is 6.30. The highest BCUT2D eigenvalue weighted by atomic mass is 35.5. The number of aliphatic carboxylic acids is 1. The summed E-state index contributed by atoms with van der Waals surface area (Å²) in [5.41, 5.74) is 0.202. The van der Waals surface area contributed by atoms with E-state index in [1.54, 1.807) is 30.3 Å². The van der Waals surface area contributed by atoms with Gasteiger partial charge in [0.1, 0.15) is 0 Å². The van der Waals surface area contributed by atoms with E-state index in [4.69, 9.17) is 11.6 Å². The fourth-order valence-corrected chi connectivity index (χ4v) is 2.25. The Labute approximate surface area is 137 Å². The summed E-state index contributed by atoms with van der Waals surface area (Å²) in [5, 5.41) is 12.1. The average molecular weight is 335 g/mol. The topological polar surface area (TPSA) is 88.4 Å². The lowest BCUT2D eigenvalue weighted by Crippen LogP contribution is -2.34. The van der Waals surface area contributed by atoms with Gasteiger partial charge >= 0.3 is 5.97 Å². The van der Waals surface area contributed by atoms with Crippen LogP contribution in [-0.2, 0) is 16.1 Å². The third-order valence-electron chi connectivity index (χ3n) is 3.21. The van der Waals surface area contributed by atoms with Crippen molar-refractivity contribution in [3.8, 4) is 0 Å². The molecule has 1 aromatic heterocycles. The van der Waals surface area contributed by atoms with Crippen LogP contribution in [0.25, 0.3) is 0 Å². The van der Waals surface area contributed by atoms with Crippen LogP contribution in [0.4, 0.5) is 0 Å². The second-order valence-corrected chi connectivity index (χ2v) is 5.31. The Balaban J connectivity index is 2.01. The minimum atomic E-state index is -1.15. The number of carbonyl (C=O) groups excluding carboxylic acids is 1. The molecular formula is C16H15ClN2O4. The number of carboxylic acids is 1. The van der Waals surface area contributed by atoms with E-state index in [1.807, 2.05) is 0 Å². The molecule has 2 aromatic rings. The van der Waals surface area contributed by atoms with Crippen LogP contribution in [0, 0.1) is 0 Å². The van der Waals surface area contributed by atoms with Crippen molar-refractivity contribution in [2.75, 3.05) is 0 Å². The van der Waals surface area contributed by atoms with E-state index >= 15 is 0 Å². The Kier molecular flexibility index (Phi) is 5.54. The predicted octanol–water partition coefficient (Wildman–Crippen LogP) is 1.83. The van der Waals surface area contributed by atoms with E-state index in [2.05, 4.69) is 5.32 Å². The first-order valence-corrected chi connectivity index (χ1v) is 7.28. The Morgan fingerprint density at radius 1 is 1.17 bits per heavy atom. The number of carboxylic acid groups (broad SMARTS) is 1. The van der Waals surface area contributed by atoms with Crippen LogP contribution in [0.1, 0.15) is 18.0 Å². The van der Waals surface area contributed by atoms with Gasteiger partial charge in [0.05, 0.1) is 5.02 Å². The first kappa shape index (κ1) is 16.8. The van der Waals surface area contributed by atoms with Gasteiger partial charge in [-0.25, -0.2) is 4.79 Å². The molecule has 0 aliphatic rings. The van der Waals surface area contributed by atoms with Gasteiger partial charge < -0.3 is 15.0 Å². The molecule has 1 aromatic carbocycles. The lowest BCUT2D eigenvalue weighted by atomic mass is 10.1. The fraction of sp³-hybridized carbons (Fsp3) is 0.188. The van der Waals surface area contributed by atoms with Crippen molar-refractivity contribution >= 4 is 23.5 Å². The zero-order valence-electron chi connectivity index (χ0n) is 12.1. The maximum Gasteiger partial charge on any atom is 0.330 e. The molecule has 7 heteroatoms. The average Bonchev–Trinajstić information content (AvgIpc) is 2.54. The van der Waals surface area contributed by atoms with Crippen LogP contribution in [0.5, 0.6) is 0 Å². The van der Waals surface area contributed by atoms with Crippen molar-refractivity contribution in [2.45, 2.75) is 19.0 Å². The van der Waals surface area contributed by atoms with Gasteiger partial charge in [0.25, 0.3) is 5.56 Å². The smallest absolute Gasteiger partial charge is 0.330 e. The van der Waals surface area contributed by atoms with Gasteiger partial charge in [0.15, 0.2) is 6.04 Å². The minimum Gasteiger partial charge on any atom is -0.479 e. The number of aromatic nitrogens is 1. The molecule has 6 nitrogen and oxygen atoms in total. The number of nitrogens with one attached hydrogen (secondary N) is 1. The van der Waals surface area contributed by atoms with Gasteiger partial charge in [-0.15, -0.1) is 0 Å². The normalized spacial score (nSPS) is 11.7. The quantitative estimate of drug-likeness (QED) is 0.843. The van der Waals surface area contributed by atoms with Crippen molar-refractivity contribution in [3.63, 3.8) is 0 Å². The highest BCUT2D eigenvalue weighted by Gasteiger charge is 2.21. The Morgan fingerprint density at radius 3 is 2.52 bits per heavy atom. The number of hydrogen-bond acceptors (Lipinski definition) is 3. The molecule has 0 radical (unpaired) electrons. The van der Waals surface area contributed by atoms with Gasteiger partial charge in [0, 0.05) is 25.2 Å². The zero-order chi connectivity index (χ0) is 16.8. The van der Waals surface area contributed by atoms with Gasteiger partial charge in [-0.05, 0) is 11.6 Å². The van der Waals surface area contributed by atoms with Crippen molar-refractivity contribution in [1.82, 2.24) is 9.88 Å². The number of carbonyl (C=O) groups is 2. The molecule has 0 bridgehead atoms. The van der Waals surface area contributed by atoms with Crippen LogP contribution in [-0.4, -0.2) is 21.6 Å². The molecule has 1 unspecified atom stereocenters. The number of benzene rings is 1. The summed E-state index contributed by atoms with van der Waals surface area (Å²) in [6.45, 7) is 0.117. The monoisotopic (exact) mass is 334 g/mol. The summed E-state index contributed by atoms with van der Waals surface area (Å²) in [5.74, 6) is -1.61. The van der Waals surface area contributed by atoms with Crippen molar-refractivity contribution in [2.24, 2.45) is 0 Å². The molecule has 2 N–H and O–H groups in total. The number of aryl methyl sites for hydroxylation is 1. The van der Waals surface area contributed by atoms with Crippen LogP contribution < -0.4 is 10.9 Å². The molecule has 1 atom stereocenters. The molecule has 1 amide bonds. The third kappa shape index (κ3) is 4.69. The SMILES string of the molecule is O=C(CCn1cc(Cl)ccc1=O)NC(C(=O)O)c1ccccc1. The molecule has 1 heterocycles. The van der Waals surface area contributed by atoms with Gasteiger partial charge in [-0.2, -0.15) is 0 Å². The molecule has 0 saturated carbocycles. The van der Waals surface area contributed by atoms with Crippen molar-refractivity contribution in [3.05, 3.63) is 69.6 Å². The van der Waals surface area contributed by atoms with Gasteiger partial charge in [-0.3, -0.25) is 9.59 Å². The maximum absolute atomic E-state index is 12.0. The number of nitrogens with zero attached hydrogens (tertiary/aromatic N) is 1. The fourth-order valence-electron chi connectivity index (χ4n) is 2.07. The second kappa shape index (κ2) is 7.60. The van der Waals surface area contributed by atoms with E-state index in [0.717, 1.165) is 0 Å². The first-order valence-electron chi connectivity index (χ1n) is 6.90. The maximum atomic E-state index is 12.0. The summed E-state index contributed by atoms with van der Waals surface area (Å²) in [4.78, 5) is 34.9. The summed E-state index contributed by atoms with van der Waals surface area (Å²) in [6.07, 6.45) is 1.40. The van der Waals surface area contributed by atoms with Crippen LogP contribution in [0.3, 0.4) is 0 Å². The lowest BCUT2D eigenvalue weighted by Gasteiger charge is -2.15. The Bertz CT molecular complexity index is 758. The second-order valence-electron chi connectivity index (χ2n) is 4.88. The predicted molar refractivity (Wildman–Crippen MR) is 85.3 cm³/mol.